The van der Waals surface area contributed by atoms with Gasteiger partial charge in [0, 0.05) is 36.9 Å². The fourth-order valence-electron chi connectivity index (χ4n) is 2.31. The number of rotatable bonds is 4. The number of fused-ring (bicyclic) bond motifs is 1. The molecule has 0 saturated carbocycles. The maximum Gasteiger partial charge on any atom is 0.207 e. The number of carbonyl (C=O) groups is 1. The Labute approximate surface area is 128 Å². The standard InChI is InChI=1S/C9H10ClN3.C5H10N2O/c1-11-4-6-2-3-12-9-8(6)7(10)5-13-9;8-4-7-5-1-2-6-3-5/h2-3,5,11H,4H2,1H3,(H,12,13);4-6H,1-3H2,(H,7,8). The molecule has 1 atom stereocenters. The van der Waals surface area contributed by atoms with Crippen LogP contribution in [0.4, 0.5) is 0 Å². The monoisotopic (exact) mass is 309 g/mol. The van der Waals surface area contributed by atoms with Gasteiger partial charge in [-0.05, 0) is 31.6 Å². The van der Waals surface area contributed by atoms with E-state index in [9.17, 15) is 4.79 Å². The van der Waals surface area contributed by atoms with Crippen LogP contribution in [0.25, 0.3) is 11.0 Å². The predicted molar refractivity (Wildman–Crippen MR) is 84.3 cm³/mol. The van der Waals surface area contributed by atoms with Gasteiger partial charge in [0.15, 0.2) is 0 Å². The zero-order valence-electron chi connectivity index (χ0n) is 11.9. The molecule has 4 N–H and O–H groups in total. The Hall–Kier alpha value is -1.63. The van der Waals surface area contributed by atoms with Gasteiger partial charge in [-0.1, -0.05) is 11.6 Å². The highest BCUT2D eigenvalue weighted by Gasteiger charge is 2.11. The summed E-state index contributed by atoms with van der Waals surface area (Å²) >= 11 is 6.01. The van der Waals surface area contributed by atoms with E-state index in [1.165, 1.54) is 5.56 Å². The zero-order valence-corrected chi connectivity index (χ0v) is 12.7. The molecule has 2 aromatic heterocycles. The minimum absolute atomic E-state index is 0.382. The number of H-pyrrole nitrogens is 1. The summed E-state index contributed by atoms with van der Waals surface area (Å²) in [5, 5.41) is 10.7. The van der Waals surface area contributed by atoms with Gasteiger partial charge >= 0.3 is 0 Å². The molecule has 7 heteroatoms. The molecular formula is C14H20ClN5O. The molecule has 0 spiro atoms. The van der Waals surface area contributed by atoms with Gasteiger partial charge in [-0.2, -0.15) is 0 Å². The molecule has 1 saturated heterocycles. The van der Waals surface area contributed by atoms with Crippen molar-refractivity contribution in [2.24, 2.45) is 0 Å². The molecule has 1 aliphatic rings. The molecule has 1 fully saturated rings. The molecule has 6 nitrogen and oxygen atoms in total. The van der Waals surface area contributed by atoms with Crippen LogP contribution in [0.5, 0.6) is 0 Å². The van der Waals surface area contributed by atoms with E-state index in [1.54, 1.807) is 12.4 Å². The second-order valence-electron chi connectivity index (χ2n) is 4.83. The number of hydrogen-bond donors (Lipinski definition) is 4. The average molecular weight is 310 g/mol. The zero-order chi connectivity index (χ0) is 15.1. The minimum atomic E-state index is 0.382. The molecule has 1 unspecified atom stereocenters. The second-order valence-corrected chi connectivity index (χ2v) is 5.24. The number of amides is 1. The number of nitrogens with one attached hydrogen (secondary N) is 4. The number of aromatic nitrogens is 2. The summed E-state index contributed by atoms with van der Waals surface area (Å²) in [6.45, 7) is 2.76. The van der Waals surface area contributed by atoms with Crippen LogP contribution < -0.4 is 16.0 Å². The number of hydrogen-bond acceptors (Lipinski definition) is 4. The summed E-state index contributed by atoms with van der Waals surface area (Å²) in [6, 6.07) is 2.35. The van der Waals surface area contributed by atoms with E-state index < -0.39 is 0 Å². The lowest BCUT2D eigenvalue weighted by molar-refractivity contribution is -0.110. The summed E-state index contributed by atoms with van der Waals surface area (Å²) in [5.74, 6) is 0. The molecule has 0 aromatic carbocycles. The summed E-state index contributed by atoms with van der Waals surface area (Å²) in [5.41, 5.74) is 2.01. The summed E-state index contributed by atoms with van der Waals surface area (Å²) < 4.78 is 0. The Morgan fingerprint density at radius 3 is 3.10 bits per heavy atom. The number of halogens is 1. The van der Waals surface area contributed by atoms with Gasteiger partial charge in [0.1, 0.15) is 5.65 Å². The van der Waals surface area contributed by atoms with Crippen LogP contribution in [-0.2, 0) is 11.3 Å². The van der Waals surface area contributed by atoms with Gasteiger partial charge < -0.3 is 20.9 Å². The van der Waals surface area contributed by atoms with Crippen LogP contribution >= 0.6 is 11.6 Å². The van der Waals surface area contributed by atoms with Crippen molar-refractivity contribution in [3.8, 4) is 0 Å². The molecule has 0 bridgehead atoms. The van der Waals surface area contributed by atoms with Crippen molar-refractivity contribution in [2.75, 3.05) is 20.1 Å². The number of carbonyl (C=O) groups excluding carboxylic acids is 1. The van der Waals surface area contributed by atoms with Crippen molar-refractivity contribution in [1.29, 1.82) is 0 Å². The summed E-state index contributed by atoms with van der Waals surface area (Å²) in [4.78, 5) is 17.0. The highest BCUT2D eigenvalue weighted by Crippen LogP contribution is 2.24. The van der Waals surface area contributed by atoms with Gasteiger partial charge in [0.25, 0.3) is 0 Å². The highest BCUT2D eigenvalue weighted by atomic mass is 35.5. The van der Waals surface area contributed by atoms with Crippen LogP contribution in [0.3, 0.4) is 0 Å². The third-order valence-electron chi connectivity index (χ3n) is 3.34. The second kappa shape index (κ2) is 7.97. The first-order chi connectivity index (χ1) is 10.3. The normalized spacial score (nSPS) is 17.3. The largest absolute Gasteiger partial charge is 0.355 e. The Bertz CT molecular complexity index is 580. The quantitative estimate of drug-likeness (QED) is 0.636. The van der Waals surface area contributed by atoms with E-state index in [2.05, 4.69) is 25.9 Å². The fraction of sp³-hybridized carbons (Fsp3) is 0.429. The van der Waals surface area contributed by atoms with Crippen LogP contribution in [0.1, 0.15) is 12.0 Å². The van der Waals surface area contributed by atoms with Crippen LogP contribution in [0.15, 0.2) is 18.5 Å². The lowest BCUT2D eigenvalue weighted by Crippen LogP contribution is -2.29. The van der Waals surface area contributed by atoms with Gasteiger partial charge in [-0.3, -0.25) is 4.79 Å². The van der Waals surface area contributed by atoms with E-state index in [0.717, 1.165) is 48.5 Å². The predicted octanol–water partition coefficient (Wildman–Crippen LogP) is 1.03. The number of pyridine rings is 1. The molecule has 0 radical (unpaired) electrons. The summed E-state index contributed by atoms with van der Waals surface area (Å²) in [6.07, 6.45) is 5.37. The van der Waals surface area contributed by atoms with Gasteiger partial charge in [-0.25, -0.2) is 4.98 Å². The molecule has 0 aliphatic carbocycles. The lowest BCUT2D eigenvalue weighted by atomic mass is 10.2. The van der Waals surface area contributed by atoms with Crippen LogP contribution in [0, 0.1) is 0 Å². The van der Waals surface area contributed by atoms with Gasteiger partial charge in [0.2, 0.25) is 6.41 Å². The minimum Gasteiger partial charge on any atom is -0.355 e. The first-order valence-electron chi connectivity index (χ1n) is 6.91. The first-order valence-corrected chi connectivity index (χ1v) is 7.29. The van der Waals surface area contributed by atoms with E-state index in [-0.39, 0.29) is 0 Å². The molecule has 1 amide bonds. The van der Waals surface area contributed by atoms with Crippen molar-refractivity contribution in [3.63, 3.8) is 0 Å². The number of aromatic amines is 1. The van der Waals surface area contributed by atoms with Crippen molar-refractivity contribution >= 4 is 29.0 Å². The van der Waals surface area contributed by atoms with Crippen molar-refractivity contribution in [2.45, 2.75) is 19.0 Å². The highest BCUT2D eigenvalue weighted by molar-refractivity contribution is 6.35. The molecule has 2 aromatic rings. The Morgan fingerprint density at radius 1 is 1.57 bits per heavy atom. The fourth-order valence-corrected chi connectivity index (χ4v) is 2.58. The maximum atomic E-state index is 9.82. The van der Waals surface area contributed by atoms with Crippen LogP contribution in [-0.4, -0.2) is 42.6 Å². The third-order valence-corrected chi connectivity index (χ3v) is 3.64. The molecule has 114 valence electrons. The topological polar surface area (TPSA) is 81.8 Å². The molecule has 21 heavy (non-hydrogen) atoms. The molecule has 3 rings (SSSR count). The summed E-state index contributed by atoms with van der Waals surface area (Å²) in [7, 11) is 1.91. The SMILES string of the molecule is CNCc1ccnc2[nH]cc(Cl)c12.O=CNC1CCNC1. The third kappa shape index (κ3) is 4.17. The maximum absolute atomic E-state index is 9.82. The lowest BCUT2D eigenvalue weighted by Gasteiger charge is -2.02. The first kappa shape index (κ1) is 15.8. The molecular weight excluding hydrogens is 290 g/mol. The Kier molecular flexibility index (Phi) is 5.98. The van der Waals surface area contributed by atoms with Crippen molar-refractivity contribution < 1.29 is 4.79 Å². The molecule has 3 heterocycles. The van der Waals surface area contributed by atoms with E-state index in [0.29, 0.717) is 6.04 Å². The Morgan fingerprint density at radius 2 is 2.43 bits per heavy atom. The smallest absolute Gasteiger partial charge is 0.207 e. The van der Waals surface area contributed by atoms with E-state index in [1.807, 2.05) is 13.1 Å². The van der Waals surface area contributed by atoms with Crippen molar-refractivity contribution in [3.05, 3.63) is 29.0 Å². The van der Waals surface area contributed by atoms with Gasteiger partial charge in [-0.15, -0.1) is 0 Å². The van der Waals surface area contributed by atoms with Crippen LogP contribution in [0.2, 0.25) is 5.02 Å². The van der Waals surface area contributed by atoms with Crippen molar-refractivity contribution in [1.82, 2.24) is 25.9 Å². The number of nitrogens with zero attached hydrogens (tertiary/aromatic N) is 1. The van der Waals surface area contributed by atoms with Gasteiger partial charge in [0.05, 0.1) is 5.02 Å². The Balaban J connectivity index is 0.000000173. The molecule has 1 aliphatic heterocycles. The van der Waals surface area contributed by atoms with E-state index in [4.69, 9.17) is 11.6 Å². The van der Waals surface area contributed by atoms with E-state index >= 15 is 0 Å². The average Bonchev–Trinajstić information content (AvgIpc) is 3.12.